The number of unbranched alkanes of at least 4 members (excludes halogenated alkanes) is 11. The number of ether oxygens (including phenoxy) is 3. The minimum Gasteiger partial charge on any atom is -0.462 e. The molecule has 47 heavy (non-hydrogen) atoms. The smallest absolute Gasteiger partial charge is 0.462 e. The Hall–Kier alpha value is -2.03. The SMILES string of the molecule is CCCC/C=C\CCCCCCCC(=O)O[C@H](COC(=O)CCC/C=C\CC1OC1C/C=C\C/C=C\CCCCC)COP(=O)(O)O. The molecule has 1 aliphatic rings. The Kier molecular flexibility index (Phi) is 26.5. The number of rotatable bonds is 31. The standard InChI is InChI=1S/C37H63O9P/c1-3-5-7-9-11-13-14-16-18-20-26-30-37(39)45-33(32-44-47(40,41)42)31-43-36(38)29-25-22-21-24-28-35-34(46-35)27-23-19-17-15-12-10-8-6-4-2/h9,11-12,15,19,21,23-24,33-35H,3-8,10,13-14,16-18,20,22,25-32H2,1-2H3,(H2,40,41,42)/b11-9-,15-12-,23-19-,24-21-/t33-,34?,35?/m1/s1. The van der Waals surface area contributed by atoms with Crippen LogP contribution >= 0.6 is 7.82 Å². The summed E-state index contributed by atoms with van der Waals surface area (Å²) in [6.45, 7) is 3.52. The molecule has 0 radical (unpaired) electrons. The monoisotopic (exact) mass is 682 g/mol. The summed E-state index contributed by atoms with van der Waals surface area (Å²) < 4.78 is 31.9. The van der Waals surface area contributed by atoms with Crippen molar-refractivity contribution in [2.24, 2.45) is 0 Å². The zero-order chi connectivity index (χ0) is 34.4. The number of hydrogen-bond acceptors (Lipinski definition) is 7. The van der Waals surface area contributed by atoms with E-state index in [4.69, 9.17) is 24.0 Å². The van der Waals surface area contributed by atoms with Crippen molar-refractivity contribution >= 4 is 19.8 Å². The minimum absolute atomic E-state index is 0.180. The van der Waals surface area contributed by atoms with E-state index in [1.54, 1.807) is 0 Å². The van der Waals surface area contributed by atoms with E-state index in [0.29, 0.717) is 19.3 Å². The fraction of sp³-hybridized carbons (Fsp3) is 0.730. The number of esters is 2. The summed E-state index contributed by atoms with van der Waals surface area (Å²) in [5, 5.41) is 0. The Morgan fingerprint density at radius 1 is 0.660 bits per heavy atom. The van der Waals surface area contributed by atoms with Gasteiger partial charge in [-0.2, -0.15) is 0 Å². The molecular formula is C37H63O9P. The van der Waals surface area contributed by atoms with E-state index >= 15 is 0 Å². The molecule has 1 saturated heterocycles. The third kappa shape index (κ3) is 28.7. The van der Waals surface area contributed by atoms with Crippen molar-refractivity contribution in [1.82, 2.24) is 0 Å². The zero-order valence-electron chi connectivity index (χ0n) is 29.1. The van der Waals surface area contributed by atoms with Gasteiger partial charge in [0, 0.05) is 12.8 Å². The molecule has 0 aromatic carbocycles. The predicted octanol–water partition coefficient (Wildman–Crippen LogP) is 9.38. The predicted molar refractivity (Wildman–Crippen MR) is 188 cm³/mol. The van der Waals surface area contributed by atoms with E-state index in [0.717, 1.165) is 64.2 Å². The summed E-state index contributed by atoms with van der Waals surface area (Å²) in [5.41, 5.74) is 0. The summed E-state index contributed by atoms with van der Waals surface area (Å²) in [5.74, 6) is -0.975. The molecular weight excluding hydrogens is 619 g/mol. The lowest BCUT2D eigenvalue weighted by molar-refractivity contribution is -0.161. The molecule has 0 saturated carbocycles. The summed E-state index contributed by atoms with van der Waals surface area (Å²) in [6, 6.07) is 0. The lowest BCUT2D eigenvalue weighted by atomic mass is 10.1. The summed E-state index contributed by atoms with van der Waals surface area (Å²) in [4.78, 5) is 42.6. The fourth-order valence-electron chi connectivity index (χ4n) is 4.86. The van der Waals surface area contributed by atoms with Crippen LogP contribution in [0.3, 0.4) is 0 Å². The van der Waals surface area contributed by atoms with Gasteiger partial charge in [-0.25, -0.2) is 4.57 Å². The number of allylic oxidation sites excluding steroid dienone is 6. The van der Waals surface area contributed by atoms with Gasteiger partial charge in [-0.1, -0.05) is 107 Å². The van der Waals surface area contributed by atoms with Crippen LogP contribution < -0.4 is 0 Å². The zero-order valence-corrected chi connectivity index (χ0v) is 30.0. The Morgan fingerprint density at radius 2 is 1.19 bits per heavy atom. The Balaban J connectivity index is 2.17. The first kappa shape index (κ1) is 43.0. The molecule has 2 N–H and O–H groups in total. The van der Waals surface area contributed by atoms with Crippen LogP contribution in [0.15, 0.2) is 48.6 Å². The highest BCUT2D eigenvalue weighted by molar-refractivity contribution is 7.46. The van der Waals surface area contributed by atoms with Crippen LogP contribution in [-0.4, -0.2) is 53.3 Å². The number of hydrogen-bond donors (Lipinski definition) is 2. The van der Waals surface area contributed by atoms with E-state index < -0.39 is 32.5 Å². The molecule has 2 unspecified atom stereocenters. The van der Waals surface area contributed by atoms with Crippen LogP contribution in [0.1, 0.15) is 142 Å². The molecule has 0 aliphatic carbocycles. The molecule has 1 heterocycles. The van der Waals surface area contributed by atoms with Gasteiger partial charge >= 0.3 is 19.8 Å². The van der Waals surface area contributed by atoms with E-state index in [9.17, 15) is 14.2 Å². The summed E-state index contributed by atoms with van der Waals surface area (Å²) in [7, 11) is -4.77. The minimum atomic E-state index is -4.77. The van der Waals surface area contributed by atoms with E-state index in [1.165, 1.54) is 32.1 Å². The average molecular weight is 683 g/mol. The fourth-order valence-corrected chi connectivity index (χ4v) is 5.22. The van der Waals surface area contributed by atoms with Crippen molar-refractivity contribution < 1.29 is 42.7 Å². The summed E-state index contributed by atoms with van der Waals surface area (Å²) >= 11 is 0. The maximum Gasteiger partial charge on any atom is 0.469 e. The molecule has 0 aromatic heterocycles. The van der Waals surface area contributed by atoms with Gasteiger partial charge in [-0.05, 0) is 70.6 Å². The normalized spacial score (nSPS) is 17.4. The van der Waals surface area contributed by atoms with Gasteiger partial charge in [0.2, 0.25) is 0 Å². The van der Waals surface area contributed by atoms with Crippen LogP contribution in [-0.2, 0) is 32.9 Å². The molecule has 0 bridgehead atoms. The molecule has 0 spiro atoms. The second-order valence-corrected chi connectivity index (χ2v) is 13.5. The van der Waals surface area contributed by atoms with Gasteiger partial charge in [0.15, 0.2) is 6.10 Å². The summed E-state index contributed by atoms with van der Waals surface area (Å²) in [6.07, 6.45) is 35.8. The molecule has 0 aromatic rings. The molecule has 1 aliphatic heterocycles. The molecule has 0 amide bonds. The van der Waals surface area contributed by atoms with Crippen molar-refractivity contribution in [3.05, 3.63) is 48.6 Å². The molecule has 1 fully saturated rings. The lowest BCUT2D eigenvalue weighted by Crippen LogP contribution is -2.29. The maximum absolute atomic E-state index is 12.3. The number of carbonyl (C=O) groups is 2. The van der Waals surface area contributed by atoms with Crippen molar-refractivity contribution in [2.45, 2.75) is 161 Å². The first-order valence-corrected chi connectivity index (χ1v) is 19.6. The first-order valence-electron chi connectivity index (χ1n) is 18.1. The van der Waals surface area contributed by atoms with Crippen LogP contribution in [0.5, 0.6) is 0 Å². The van der Waals surface area contributed by atoms with Gasteiger partial charge in [0.1, 0.15) is 6.61 Å². The van der Waals surface area contributed by atoms with Gasteiger partial charge in [-0.15, -0.1) is 0 Å². The quantitative estimate of drug-likeness (QED) is 0.0241. The maximum atomic E-state index is 12.3. The van der Waals surface area contributed by atoms with Crippen LogP contribution in [0, 0.1) is 0 Å². The van der Waals surface area contributed by atoms with Gasteiger partial charge in [0.05, 0.1) is 18.8 Å². The molecule has 3 atom stereocenters. The number of carbonyl (C=O) groups excluding carboxylic acids is 2. The highest BCUT2D eigenvalue weighted by atomic mass is 31.2. The van der Waals surface area contributed by atoms with E-state index in [1.807, 2.05) is 6.08 Å². The third-order valence-electron chi connectivity index (χ3n) is 7.72. The largest absolute Gasteiger partial charge is 0.469 e. The number of phosphoric ester groups is 1. The topological polar surface area (TPSA) is 132 Å². The highest BCUT2D eigenvalue weighted by Gasteiger charge is 2.36. The highest BCUT2D eigenvalue weighted by Crippen LogP contribution is 2.36. The van der Waals surface area contributed by atoms with Crippen molar-refractivity contribution in [3.8, 4) is 0 Å². The van der Waals surface area contributed by atoms with Gasteiger partial charge in [0.25, 0.3) is 0 Å². The second kappa shape index (κ2) is 28.9. The van der Waals surface area contributed by atoms with Crippen LogP contribution in [0.4, 0.5) is 0 Å². The van der Waals surface area contributed by atoms with Crippen molar-refractivity contribution in [3.63, 3.8) is 0 Å². The second-order valence-electron chi connectivity index (χ2n) is 12.2. The Bertz CT molecular complexity index is 969. The van der Waals surface area contributed by atoms with Crippen LogP contribution in [0.2, 0.25) is 0 Å². The van der Waals surface area contributed by atoms with Gasteiger partial charge < -0.3 is 24.0 Å². The lowest BCUT2D eigenvalue weighted by Gasteiger charge is -2.18. The van der Waals surface area contributed by atoms with E-state index in [-0.39, 0.29) is 31.7 Å². The number of phosphoric acid groups is 1. The van der Waals surface area contributed by atoms with E-state index in [2.05, 4.69) is 60.9 Å². The van der Waals surface area contributed by atoms with Gasteiger partial charge in [-0.3, -0.25) is 14.1 Å². The van der Waals surface area contributed by atoms with Crippen molar-refractivity contribution in [2.75, 3.05) is 13.2 Å². The number of epoxide rings is 1. The third-order valence-corrected chi connectivity index (χ3v) is 8.21. The van der Waals surface area contributed by atoms with Crippen LogP contribution in [0.25, 0.3) is 0 Å². The Labute approximate surface area is 284 Å². The molecule has 1 rings (SSSR count). The van der Waals surface area contributed by atoms with Crippen molar-refractivity contribution in [1.29, 1.82) is 0 Å². The molecule has 9 nitrogen and oxygen atoms in total. The first-order chi connectivity index (χ1) is 22.7. The molecule has 270 valence electrons. The Morgan fingerprint density at radius 3 is 1.89 bits per heavy atom. The molecule has 10 heteroatoms. The average Bonchev–Trinajstić information content (AvgIpc) is 3.79.